The minimum atomic E-state index is -2.96. The molecule has 1 aromatic carbocycles. The summed E-state index contributed by atoms with van der Waals surface area (Å²) in [6, 6.07) is 5.90. The molecule has 0 saturated heterocycles. The molecule has 6 nitrogen and oxygen atoms in total. The zero-order valence-electron chi connectivity index (χ0n) is 10.7. The topological polar surface area (TPSA) is 76.6 Å². The van der Waals surface area contributed by atoms with Crippen LogP contribution in [0.5, 0.6) is 0 Å². The molecule has 2 heterocycles. The Morgan fingerprint density at radius 3 is 2.32 bits per heavy atom. The first-order valence-electron chi connectivity index (χ1n) is 5.92. The second-order valence-electron chi connectivity index (χ2n) is 4.20. The van der Waals surface area contributed by atoms with E-state index in [1.807, 2.05) is 0 Å². The largest absolute Gasteiger partial charge is 0.375 e. The maximum atomic E-state index is 12.7. The van der Waals surface area contributed by atoms with Crippen molar-refractivity contribution in [2.24, 2.45) is 0 Å². The Hall–Kier alpha value is -2.68. The number of benzene rings is 1. The van der Waals surface area contributed by atoms with Gasteiger partial charge in [-0.25, -0.2) is 18.6 Å². The molecule has 0 fully saturated rings. The smallest absolute Gasteiger partial charge is 0.323 e. The number of nitrogens with zero attached hydrogens (tertiary/aromatic N) is 2. The number of thiazole rings is 1. The third-order valence-electron chi connectivity index (χ3n) is 2.92. The number of carbonyl (C=O) groups is 3. The van der Waals surface area contributed by atoms with Crippen molar-refractivity contribution in [3.63, 3.8) is 0 Å². The van der Waals surface area contributed by atoms with E-state index in [0.29, 0.717) is 11.3 Å². The molecule has 0 atom stereocenters. The van der Waals surface area contributed by atoms with E-state index in [2.05, 4.69) is 9.82 Å². The van der Waals surface area contributed by atoms with Crippen LogP contribution in [0.2, 0.25) is 0 Å². The molecule has 0 saturated carbocycles. The molecule has 2 aromatic rings. The summed E-state index contributed by atoms with van der Waals surface area (Å²) < 4.78 is 25.4. The molecule has 0 radical (unpaired) electrons. The zero-order chi connectivity index (χ0) is 15.9. The van der Waals surface area contributed by atoms with Gasteiger partial charge >= 0.3 is 5.97 Å². The highest BCUT2D eigenvalue weighted by atomic mass is 32.1. The van der Waals surface area contributed by atoms with E-state index in [0.717, 1.165) is 5.51 Å². The number of amides is 2. The molecule has 0 unspecified atom stereocenters. The third-order valence-corrected chi connectivity index (χ3v) is 3.74. The van der Waals surface area contributed by atoms with Crippen molar-refractivity contribution in [1.82, 2.24) is 10.0 Å². The number of halogens is 2. The van der Waals surface area contributed by atoms with Gasteiger partial charge < -0.3 is 4.84 Å². The van der Waals surface area contributed by atoms with E-state index in [1.54, 1.807) is 12.1 Å². The molecule has 2 amide bonds. The standard InChI is InChI=1S/C13H6F2N2O4S/c14-10(15)8-9(22-5-16-8)13(20)21-17-11(18)6-3-1-2-4-7(6)12(17)19/h1-5,10H. The number of carbonyl (C=O) groups excluding carboxylic acids is 3. The predicted octanol–water partition coefficient (Wildman–Crippen LogP) is 2.45. The van der Waals surface area contributed by atoms with Crippen LogP contribution in [0, 0.1) is 0 Å². The second-order valence-corrected chi connectivity index (χ2v) is 5.05. The Morgan fingerprint density at radius 2 is 1.77 bits per heavy atom. The van der Waals surface area contributed by atoms with Crippen LogP contribution in [-0.4, -0.2) is 27.8 Å². The van der Waals surface area contributed by atoms with Crippen LogP contribution in [0.25, 0.3) is 0 Å². The van der Waals surface area contributed by atoms with E-state index in [9.17, 15) is 23.2 Å². The average molecular weight is 324 g/mol. The lowest BCUT2D eigenvalue weighted by molar-refractivity contribution is -0.0584. The van der Waals surface area contributed by atoms with Crippen LogP contribution >= 0.6 is 11.3 Å². The Bertz CT molecular complexity index is 755. The van der Waals surface area contributed by atoms with Crippen LogP contribution in [0.15, 0.2) is 29.8 Å². The molecular formula is C13H6F2N2O4S. The number of imide groups is 1. The Labute approximate surface area is 125 Å². The molecule has 0 N–H and O–H groups in total. The van der Waals surface area contributed by atoms with Gasteiger partial charge in [0.05, 0.1) is 16.6 Å². The van der Waals surface area contributed by atoms with Crippen LogP contribution in [0.3, 0.4) is 0 Å². The first kappa shape index (κ1) is 14.3. The van der Waals surface area contributed by atoms with Crippen molar-refractivity contribution in [2.45, 2.75) is 6.43 Å². The number of hydroxylamine groups is 2. The maximum absolute atomic E-state index is 12.7. The zero-order valence-corrected chi connectivity index (χ0v) is 11.5. The van der Waals surface area contributed by atoms with Crippen molar-refractivity contribution in [3.8, 4) is 0 Å². The Balaban J connectivity index is 1.86. The summed E-state index contributed by atoms with van der Waals surface area (Å²) in [5.41, 5.74) is 0.476. The molecule has 0 spiro atoms. The molecule has 0 bridgehead atoms. The molecule has 1 aromatic heterocycles. The summed E-state index contributed by atoms with van der Waals surface area (Å²) in [7, 11) is 0. The number of fused-ring (bicyclic) bond motifs is 1. The summed E-state index contributed by atoms with van der Waals surface area (Å²) in [4.78, 5) is 43.5. The maximum Gasteiger partial charge on any atom is 0.375 e. The van der Waals surface area contributed by atoms with Gasteiger partial charge in [0.25, 0.3) is 18.2 Å². The molecule has 1 aliphatic heterocycles. The Morgan fingerprint density at radius 1 is 1.18 bits per heavy atom. The van der Waals surface area contributed by atoms with Gasteiger partial charge in [-0.2, -0.15) is 0 Å². The second kappa shape index (κ2) is 5.26. The summed E-state index contributed by atoms with van der Waals surface area (Å²) in [5, 5.41) is 0.266. The van der Waals surface area contributed by atoms with Crippen LogP contribution in [0.4, 0.5) is 8.78 Å². The van der Waals surface area contributed by atoms with Crippen LogP contribution in [0.1, 0.15) is 42.5 Å². The lowest BCUT2D eigenvalue weighted by atomic mass is 10.1. The molecule has 112 valence electrons. The lowest BCUT2D eigenvalue weighted by Crippen LogP contribution is -2.32. The number of aromatic nitrogens is 1. The van der Waals surface area contributed by atoms with Crippen molar-refractivity contribution < 1.29 is 28.0 Å². The quantitative estimate of drug-likeness (QED) is 0.811. The van der Waals surface area contributed by atoms with E-state index in [1.165, 1.54) is 12.1 Å². The molecular weight excluding hydrogens is 318 g/mol. The van der Waals surface area contributed by atoms with Crippen molar-refractivity contribution in [2.75, 3.05) is 0 Å². The van der Waals surface area contributed by atoms with E-state index < -0.39 is 34.8 Å². The van der Waals surface area contributed by atoms with Gasteiger partial charge in [-0.05, 0) is 12.1 Å². The van der Waals surface area contributed by atoms with Gasteiger partial charge in [0.15, 0.2) is 0 Å². The van der Waals surface area contributed by atoms with Gasteiger partial charge in [0.1, 0.15) is 10.6 Å². The highest BCUT2D eigenvalue weighted by Gasteiger charge is 2.39. The van der Waals surface area contributed by atoms with Gasteiger partial charge in [0, 0.05) is 0 Å². The number of hydrogen-bond acceptors (Lipinski definition) is 6. The van der Waals surface area contributed by atoms with Crippen molar-refractivity contribution >= 4 is 29.1 Å². The minimum Gasteiger partial charge on any atom is -0.323 e. The van der Waals surface area contributed by atoms with Crippen LogP contribution < -0.4 is 0 Å². The van der Waals surface area contributed by atoms with Crippen molar-refractivity contribution in [1.29, 1.82) is 0 Å². The molecule has 9 heteroatoms. The highest BCUT2D eigenvalue weighted by Crippen LogP contribution is 2.27. The minimum absolute atomic E-state index is 0.0821. The summed E-state index contributed by atoms with van der Waals surface area (Å²) >= 11 is 0.641. The lowest BCUT2D eigenvalue weighted by Gasteiger charge is -2.12. The fourth-order valence-corrected chi connectivity index (χ4v) is 2.61. The highest BCUT2D eigenvalue weighted by molar-refractivity contribution is 7.11. The van der Waals surface area contributed by atoms with E-state index in [-0.39, 0.29) is 16.2 Å². The summed E-state index contributed by atoms with van der Waals surface area (Å²) in [6.45, 7) is 0. The Kier molecular flexibility index (Phi) is 3.41. The van der Waals surface area contributed by atoms with Gasteiger partial charge in [0.2, 0.25) is 0 Å². The van der Waals surface area contributed by atoms with E-state index in [4.69, 9.17) is 0 Å². The predicted molar refractivity (Wildman–Crippen MR) is 69.4 cm³/mol. The fraction of sp³-hybridized carbons (Fsp3) is 0.0769. The number of rotatable bonds is 3. The normalized spacial score (nSPS) is 13.7. The molecule has 1 aliphatic rings. The van der Waals surface area contributed by atoms with Gasteiger partial charge in [-0.1, -0.05) is 17.2 Å². The van der Waals surface area contributed by atoms with Gasteiger partial charge in [-0.3, -0.25) is 9.59 Å². The fourth-order valence-electron chi connectivity index (χ4n) is 1.94. The molecule has 3 rings (SSSR count). The summed E-state index contributed by atoms with van der Waals surface area (Å²) in [6.07, 6.45) is -2.96. The monoisotopic (exact) mass is 324 g/mol. The SMILES string of the molecule is O=C(ON1C(=O)c2ccccc2C1=O)c1scnc1C(F)F. The summed E-state index contributed by atoms with van der Waals surface area (Å²) in [5.74, 6) is -2.87. The molecule has 0 aliphatic carbocycles. The molecule has 22 heavy (non-hydrogen) atoms. The van der Waals surface area contributed by atoms with Gasteiger partial charge in [-0.15, -0.1) is 11.3 Å². The van der Waals surface area contributed by atoms with Crippen molar-refractivity contribution in [3.05, 3.63) is 51.5 Å². The first-order chi connectivity index (χ1) is 10.5. The number of hydrogen-bond donors (Lipinski definition) is 0. The average Bonchev–Trinajstić information content (AvgIpc) is 3.08. The van der Waals surface area contributed by atoms with Crippen LogP contribution in [-0.2, 0) is 4.84 Å². The first-order valence-corrected chi connectivity index (χ1v) is 6.80. The van der Waals surface area contributed by atoms with E-state index >= 15 is 0 Å². The number of alkyl halides is 2. The third kappa shape index (κ3) is 2.15.